The number of carboxylic acids is 1. The van der Waals surface area contributed by atoms with Crippen molar-refractivity contribution in [2.24, 2.45) is 0 Å². The monoisotopic (exact) mass is 310 g/mol. The van der Waals surface area contributed by atoms with E-state index >= 15 is 0 Å². The molecule has 68 valence electrons. The molecule has 14 heavy (non-hydrogen) atoms. The molecule has 0 aliphatic heterocycles. The van der Waals surface area contributed by atoms with Crippen molar-refractivity contribution >= 4 is 124 Å². The Kier molecular flexibility index (Phi) is 38.2. The molecule has 0 saturated carbocycles. The van der Waals surface area contributed by atoms with Crippen molar-refractivity contribution < 1.29 is 9.90 Å². The second-order valence-electron chi connectivity index (χ2n) is 1.67. The maximum atomic E-state index is 10.2. The molecule has 1 N–H and O–H groups in total. The van der Waals surface area contributed by atoms with Gasteiger partial charge >= 0.3 is 94.6 Å². The maximum absolute atomic E-state index is 10.2. The standard InChI is InChI=1S/C7H6O2.BrH.ClH.3Na.3H/c8-7(9)6-4-2-1-3-5-6;;;;;;;;/h1-5H,(H,8,9);2*1H;;;;;;. The average Bonchev–Trinajstić information content (AvgIpc) is 1.90. The third-order valence-corrected chi connectivity index (χ3v) is 1.02. The van der Waals surface area contributed by atoms with Crippen LogP contribution in [0.2, 0.25) is 0 Å². The van der Waals surface area contributed by atoms with Crippen LogP contribution in [0, 0.1) is 0 Å². The molecule has 7 heteroatoms. The zero-order valence-corrected chi connectivity index (χ0v) is 8.09. The van der Waals surface area contributed by atoms with E-state index in [0.29, 0.717) is 5.56 Å². The minimum absolute atomic E-state index is 0. The molecule has 0 atom stereocenters. The Bertz CT molecular complexity index is 223. The van der Waals surface area contributed by atoms with Crippen molar-refractivity contribution in [3.05, 3.63) is 35.9 Å². The molecule has 0 aromatic heterocycles. The predicted octanol–water partition coefficient (Wildman–Crippen LogP) is 0.439. The Morgan fingerprint density at radius 1 is 1.00 bits per heavy atom. The Morgan fingerprint density at radius 3 is 1.57 bits per heavy atom. The van der Waals surface area contributed by atoms with Crippen LogP contribution in [0.4, 0.5) is 0 Å². The van der Waals surface area contributed by atoms with E-state index in [1.807, 2.05) is 0 Å². The van der Waals surface area contributed by atoms with Gasteiger partial charge in [0.2, 0.25) is 0 Å². The summed E-state index contributed by atoms with van der Waals surface area (Å²) in [6.45, 7) is 0. The number of rotatable bonds is 1. The number of aromatic carboxylic acids is 1. The minimum atomic E-state index is -0.879. The van der Waals surface area contributed by atoms with Gasteiger partial charge in [0, 0.05) is 0 Å². The molecule has 0 radical (unpaired) electrons. The molecule has 0 saturated heterocycles. The van der Waals surface area contributed by atoms with E-state index in [-0.39, 0.29) is 118 Å². The molecule has 0 bridgehead atoms. The summed E-state index contributed by atoms with van der Waals surface area (Å²) in [5, 5.41) is 8.38. The van der Waals surface area contributed by atoms with Crippen molar-refractivity contribution in [2.75, 3.05) is 0 Å². The van der Waals surface area contributed by atoms with E-state index in [9.17, 15) is 4.79 Å². The summed E-state index contributed by atoms with van der Waals surface area (Å²) >= 11 is 0. The molecular formula is C7H11BrClNa3O2. The van der Waals surface area contributed by atoms with Gasteiger partial charge in [0.25, 0.3) is 0 Å². The van der Waals surface area contributed by atoms with E-state index < -0.39 is 5.97 Å². The van der Waals surface area contributed by atoms with Gasteiger partial charge < -0.3 is 5.11 Å². The van der Waals surface area contributed by atoms with Gasteiger partial charge in [-0.05, 0) is 12.1 Å². The van der Waals surface area contributed by atoms with Crippen LogP contribution in [0.5, 0.6) is 0 Å². The molecule has 0 fully saturated rings. The molecular weight excluding hydrogens is 300 g/mol. The Hall–Kier alpha value is 2.46. The number of benzene rings is 1. The van der Waals surface area contributed by atoms with Crippen LogP contribution >= 0.6 is 29.4 Å². The van der Waals surface area contributed by atoms with Crippen molar-refractivity contribution in [3.8, 4) is 0 Å². The molecule has 0 amide bonds. The second kappa shape index (κ2) is 17.8. The number of hydrogen-bond donors (Lipinski definition) is 1. The van der Waals surface area contributed by atoms with Gasteiger partial charge in [-0.1, -0.05) is 18.2 Å². The zero-order chi connectivity index (χ0) is 6.69. The van der Waals surface area contributed by atoms with E-state index in [0.717, 1.165) is 0 Å². The predicted molar refractivity (Wildman–Crippen MR) is 72.4 cm³/mol. The Balaban J connectivity index is -0.0000000540. The van der Waals surface area contributed by atoms with E-state index in [2.05, 4.69) is 0 Å². The van der Waals surface area contributed by atoms with Crippen molar-refractivity contribution in [3.63, 3.8) is 0 Å². The first-order chi connectivity index (χ1) is 4.30. The SMILES string of the molecule is Br.Cl.O=C(O)c1ccccc1.[NaH].[NaH].[NaH]. The summed E-state index contributed by atoms with van der Waals surface area (Å²) in [7, 11) is 0. The van der Waals surface area contributed by atoms with E-state index in [4.69, 9.17) is 5.11 Å². The molecule has 0 aliphatic carbocycles. The molecule has 0 unspecified atom stereocenters. The Morgan fingerprint density at radius 2 is 1.36 bits per heavy atom. The second-order valence-corrected chi connectivity index (χ2v) is 1.67. The van der Waals surface area contributed by atoms with E-state index in [1.54, 1.807) is 30.3 Å². The summed E-state index contributed by atoms with van der Waals surface area (Å²) in [5.41, 5.74) is 0.331. The number of halogens is 2. The number of hydrogen-bond acceptors (Lipinski definition) is 1. The summed E-state index contributed by atoms with van der Waals surface area (Å²) in [5.74, 6) is -0.879. The van der Waals surface area contributed by atoms with Crippen LogP contribution in [0.25, 0.3) is 0 Å². The van der Waals surface area contributed by atoms with Gasteiger partial charge in [0.15, 0.2) is 0 Å². The summed E-state index contributed by atoms with van der Waals surface area (Å²) < 4.78 is 0. The van der Waals surface area contributed by atoms with Gasteiger partial charge in [0.1, 0.15) is 0 Å². The molecule has 1 rings (SSSR count). The molecule has 0 aliphatic rings. The van der Waals surface area contributed by atoms with Gasteiger partial charge in [-0.25, -0.2) is 4.79 Å². The normalized spacial score (nSPS) is 5.71. The van der Waals surface area contributed by atoms with Gasteiger partial charge in [-0.3, -0.25) is 0 Å². The van der Waals surface area contributed by atoms with Gasteiger partial charge in [-0.15, -0.1) is 29.4 Å². The summed E-state index contributed by atoms with van der Waals surface area (Å²) in [4.78, 5) is 10.2. The molecule has 2 nitrogen and oxygen atoms in total. The molecule has 0 spiro atoms. The fourth-order valence-electron chi connectivity index (χ4n) is 0.581. The first-order valence-electron chi connectivity index (χ1n) is 2.59. The third kappa shape index (κ3) is 12.5. The van der Waals surface area contributed by atoms with Crippen LogP contribution < -0.4 is 0 Å². The fourth-order valence-corrected chi connectivity index (χ4v) is 0.581. The number of carbonyl (C=O) groups is 1. The summed E-state index contributed by atoms with van der Waals surface area (Å²) in [6, 6.07) is 8.30. The van der Waals surface area contributed by atoms with Crippen molar-refractivity contribution in [2.45, 2.75) is 0 Å². The summed E-state index contributed by atoms with van der Waals surface area (Å²) in [6.07, 6.45) is 0. The first kappa shape index (κ1) is 30.0. The van der Waals surface area contributed by atoms with Crippen LogP contribution in [0.15, 0.2) is 30.3 Å². The topological polar surface area (TPSA) is 37.3 Å². The average molecular weight is 311 g/mol. The molecule has 0 heterocycles. The van der Waals surface area contributed by atoms with Crippen LogP contribution in [0.3, 0.4) is 0 Å². The van der Waals surface area contributed by atoms with Crippen LogP contribution in [-0.4, -0.2) is 99.7 Å². The van der Waals surface area contributed by atoms with Crippen molar-refractivity contribution in [1.29, 1.82) is 0 Å². The Labute approximate surface area is 167 Å². The molecule has 1 aromatic carbocycles. The van der Waals surface area contributed by atoms with Crippen LogP contribution in [-0.2, 0) is 0 Å². The van der Waals surface area contributed by atoms with Gasteiger partial charge in [-0.2, -0.15) is 0 Å². The van der Waals surface area contributed by atoms with Crippen molar-refractivity contribution in [1.82, 2.24) is 0 Å². The van der Waals surface area contributed by atoms with Gasteiger partial charge in [0.05, 0.1) is 5.56 Å². The number of carboxylic acid groups (broad SMARTS) is 1. The quantitative estimate of drug-likeness (QED) is 0.764. The first-order valence-corrected chi connectivity index (χ1v) is 2.59. The van der Waals surface area contributed by atoms with Crippen LogP contribution in [0.1, 0.15) is 10.4 Å². The van der Waals surface area contributed by atoms with E-state index in [1.165, 1.54) is 0 Å². The third-order valence-electron chi connectivity index (χ3n) is 1.02. The molecule has 1 aromatic rings. The zero-order valence-electron chi connectivity index (χ0n) is 5.56. The fraction of sp³-hybridized carbons (Fsp3) is 0.